The fraction of sp³-hybridized carbons (Fsp3) is 1.00. The summed E-state index contributed by atoms with van der Waals surface area (Å²) in [5.41, 5.74) is 0. The third kappa shape index (κ3) is 11.3. The zero-order valence-electron chi connectivity index (χ0n) is 11.8. The van der Waals surface area contributed by atoms with Gasteiger partial charge in [-0.15, -0.1) is 0 Å². The molecule has 0 aromatic carbocycles. The van der Waals surface area contributed by atoms with Gasteiger partial charge in [-0.2, -0.15) is 8.42 Å². The maximum absolute atomic E-state index is 13.4. The molecule has 0 heterocycles. The van der Waals surface area contributed by atoms with E-state index in [0.717, 1.165) is 0 Å². The van der Waals surface area contributed by atoms with Gasteiger partial charge in [-0.25, -0.2) is 22.0 Å². The van der Waals surface area contributed by atoms with Gasteiger partial charge < -0.3 is 0 Å². The zero-order chi connectivity index (χ0) is 17.3. The summed E-state index contributed by atoms with van der Waals surface area (Å²) < 4.78 is 107. The summed E-state index contributed by atoms with van der Waals surface area (Å²) in [6.45, 7) is -0.535. The Balaban J connectivity index is 0. The van der Waals surface area contributed by atoms with E-state index in [1.165, 1.54) is 0 Å². The monoisotopic (exact) mass is 366 g/mol. The van der Waals surface area contributed by atoms with Gasteiger partial charge in [0.15, 0.2) is 24.7 Å². The van der Waals surface area contributed by atoms with Crippen molar-refractivity contribution in [3.05, 3.63) is 0 Å². The molecule has 0 saturated heterocycles. The van der Waals surface area contributed by atoms with Crippen molar-refractivity contribution < 1.29 is 39.3 Å². The number of hydrogen-bond donors (Lipinski definition) is 1. The van der Waals surface area contributed by atoms with Crippen molar-refractivity contribution >= 4 is 29.0 Å². The molecule has 0 aromatic rings. The second-order valence-electron chi connectivity index (χ2n) is 5.01. The molecule has 0 fully saturated rings. The van der Waals surface area contributed by atoms with Crippen LogP contribution in [-0.2, 0) is 10.1 Å². The second-order valence-corrected chi connectivity index (χ2v) is 6.50. The summed E-state index contributed by atoms with van der Waals surface area (Å²) in [7, 11) is -4.90. The van der Waals surface area contributed by atoms with Crippen LogP contribution in [0.4, 0.5) is 26.3 Å². The minimum absolute atomic E-state index is 0. The molecular formula is C12H21F6LiO3S. The molecular weight excluding hydrogens is 345 g/mol. The molecule has 0 aliphatic carbocycles. The van der Waals surface area contributed by atoms with Crippen molar-refractivity contribution in [2.24, 2.45) is 0 Å². The molecule has 3 nitrogen and oxygen atoms in total. The van der Waals surface area contributed by atoms with Gasteiger partial charge in [0.1, 0.15) is 11.9 Å². The Bertz CT molecular complexity index is 400. The van der Waals surface area contributed by atoms with Crippen LogP contribution in [0, 0.1) is 0 Å². The molecule has 0 rings (SSSR count). The average molecular weight is 366 g/mol. The van der Waals surface area contributed by atoms with Gasteiger partial charge in [0.05, 0.1) is 6.67 Å². The molecule has 1 N–H and O–H groups in total. The van der Waals surface area contributed by atoms with Crippen LogP contribution in [0.25, 0.3) is 0 Å². The molecule has 11 heteroatoms. The topological polar surface area (TPSA) is 54.4 Å². The Morgan fingerprint density at radius 2 is 1.26 bits per heavy atom. The molecule has 0 aliphatic heterocycles. The number of alkyl halides is 6. The van der Waals surface area contributed by atoms with Gasteiger partial charge >= 0.3 is 18.9 Å². The van der Waals surface area contributed by atoms with Gasteiger partial charge in [-0.1, -0.05) is 19.3 Å². The molecule has 0 spiro atoms. The van der Waals surface area contributed by atoms with Crippen LogP contribution in [-0.4, -0.2) is 75.1 Å². The fourth-order valence-corrected chi connectivity index (χ4v) is 2.40. The van der Waals surface area contributed by atoms with E-state index in [1.807, 2.05) is 0 Å². The Kier molecular flexibility index (Phi) is 13.7. The molecule has 0 bridgehead atoms. The summed E-state index contributed by atoms with van der Waals surface area (Å²) in [5, 5.41) is 0. The average Bonchev–Trinajstić information content (AvgIpc) is 2.42. The summed E-state index contributed by atoms with van der Waals surface area (Å²) in [6, 6.07) is 0. The number of rotatable bonds is 12. The van der Waals surface area contributed by atoms with E-state index in [9.17, 15) is 34.8 Å². The van der Waals surface area contributed by atoms with E-state index in [0.29, 0.717) is 12.8 Å². The molecule has 0 amide bonds. The normalized spacial score (nSPS) is 18.6. The van der Waals surface area contributed by atoms with Crippen LogP contribution >= 0.6 is 0 Å². The third-order valence-electron chi connectivity index (χ3n) is 3.03. The maximum atomic E-state index is 13.4. The molecule has 0 aliphatic rings. The fourth-order valence-electron chi connectivity index (χ4n) is 1.81. The van der Waals surface area contributed by atoms with E-state index in [-0.39, 0.29) is 31.7 Å². The summed E-state index contributed by atoms with van der Waals surface area (Å²) in [6.07, 6.45) is -13.9. The first-order valence-electron chi connectivity index (χ1n) is 6.81. The van der Waals surface area contributed by atoms with Crippen LogP contribution in [0.5, 0.6) is 0 Å². The van der Waals surface area contributed by atoms with Crippen molar-refractivity contribution in [1.29, 1.82) is 0 Å². The predicted molar refractivity (Wildman–Crippen MR) is 77.1 cm³/mol. The molecule has 23 heavy (non-hydrogen) atoms. The Morgan fingerprint density at radius 3 is 1.74 bits per heavy atom. The van der Waals surface area contributed by atoms with E-state index in [2.05, 4.69) is 0 Å². The van der Waals surface area contributed by atoms with Crippen molar-refractivity contribution in [1.82, 2.24) is 0 Å². The first-order chi connectivity index (χ1) is 10.1. The standard InChI is InChI=1S/C12H20F6O3S.Li.H/c13-6-4-2-1-3-5-8(14)10(16)12(18)11(17)9(15)7-22(19,20)21;;/h8-12H,1-7H2,(H,19,20,21);;. The van der Waals surface area contributed by atoms with E-state index < -0.39 is 59.8 Å². The van der Waals surface area contributed by atoms with Gasteiger partial charge in [-0.3, -0.25) is 8.94 Å². The molecule has 5 atom stereocenters. The zero-order valence-corrected chi connectivity index (χ0v) is 12.6. The van der Waals surface area contributed by atoms with Crippen molar-refractivity contribution in [2.75, 3.05) is 12.4 Å². The van der Waals surface area contributed by atoms with Crippen LogP contribution in [0.15, 0.2) is 0 Å². The van der Waals surface area contributed by atoms with Crippen molar-refractivity contribution in [2.45, 2.75) is 63.0 Å². The summed E-state index contributed by atoms with van der Waals surface area (Å²) in [4.78, 5) is 0. The number of hydrogen-bond acceptors (Lipinski definition) is 2. The Morgan fingerprint density at radius 1 is 0.783 bits per heavy atom. The third-order valence-corrected chi connectivity index (χ3v) is 3.77. The van der Waals surface area contributed by atoms with Crippen LogP contribution in [0.2, 0.25) is 0 Å². The van der Waals surface area contributed by atoms with E-state index in [4.69, 9.17) is 4.55 Å². The summed E-state index contributed by atoms with van der Waals surface area (Å²) >= 11 is 0. The number of halogens is 6. The minimum atomic E-state index is -4.90. The SMILES string of the molecule is O=S(=O)(O)CC(F)C(F)C(F)C(F)C(F)CCCCCCF.[LiH]. The van der Waals surface area contributed by atoms with Crippen molar-refractivity contribution in [3.63, 3.8) is 0 Å². The quantitative estimate of drug-likeness (QED) is 0.250. The first kappa shape index (κ1) is 25.3. The van der Waals surface area contributed by atoms with Gasteiger partial charge in [0, 0.05) is 0 Å². The van der Waals surface area contributed by atoms with Gasteiger partial charge in [-0.05, 0) is 12.8 Å². The predicted octanol–water partition coefficient (Wildman–Crippen LogP) is 2.84. The summed E-state index contributed by atoms with van der Waals surface area (Å²) in [5.74, 6) is -1.73. The van der Waals surface area contributed by atoms with Crippen LogP contribution < -0.4 is 0 Å². The Hall–Kier alpha value is 0.0874. The second kappa shape index (κ2) is 12.4. The Labute approximate surface area is 144 Å². The molecule has 0 aromatic heterocycles. The first-order valence-corrected chi connectivity index (χ1v) is 8.42. The van der Waals surface area contributed by atoms with Crippen molar-refractivity contribution in [3.8, 4) is 0 Å². The van der Waals surface area contributed by atoms with Crippen LogP contribution in [0.1, 0.15) is 32.1 Å². The number of unbranched alkanes of at least 4 members (excludes halogenated alkanes) is 3. The molecule has 0 radical (unpaired) electrons. The van der Waals surface area contributed by atoms with E-state index >= 15 is 0 Å². The van der Waals surface area contributed by atoms with Crippen LogP contribution in [0.3, 0.4) is 0 Å². The van der Waals surface area contributed by atoms with Gasteiger partial charge in [0.2, 0.25) is 0 Å². The molecule has 136 valence electrons. The molecule has 0 saturated carbocycles. The van der Waals surface area contributed by atoms with E-state index in [1.54, 1.807) is 0 Å². The van der Waals surface area contributed by atoms with Gasteiger partial charge in [0.25, 0.3) is 10.1 Å². The molecule has 5 unspecified atom stereocenters.